The lowest BCUT2D eigenvalue weighted by Gasteiger charge is -2.09. The first-order chi connectivity index (χ1) is 11.9. The van der Waals surface area contributed by atoms with Crippen molar-refractivity contribution in [3.63, 3.8) is 0 Å². The Morgan fingerprint density at radius 1 is 1.04 bits per heavy atom. The fourth-order valence-electron chi connectivity index (χ4n) is 2.04. The van der Waals surface area contributed by atoms with Crippen molar-refractivity contribution in [2.24, 2.45) is 0 Å². The van der Waals surface area contributed by atoms with Crippen molar-refractivity contribution in [2.45, 2.75) is 16.0 Å². The summed E-state index contributed by atoms with van der Waals surface area (Å²) in [6.45, 7) is 0. The predicted molar refractivity (Wildman–Crippen MR) is 88.5 cm³/mol. The molecule has 0 fully saturated rings. The standard InChI is InChI=1S/C17H12F3N3OS/c18-17(19,20)15-10-13(22-23-15)16(24)21-12-8-4-5-9-14(12)25-11-6-2-1-3-7-11/h1-10H,(H,21,24)(H,22,23). The van der Waals surface area contributed by atoms with E-state index in [2.05, 4.69) is 10.4 Å². The van der Waals surface area contributed by atoms with Crippen LogP contribution in [0.4, 0.5) is 18.9 Å². The number of carbonyl (C=O) groups is 1. The van der Waals surface area contributed by atoms with E-state index in [1.807, 2.05) is 47.6 Å². The number of halogens is 3. The number of hydrogen-bond donors (Lipinski definition) is 2. The zero-order valence-corrected chi connectivity index (χ0v) is 13.5. The van der Waals surface area contributed by atoms with Crippen LogP contribution >= 0.6 is 11.8 Å². The van der Waals surface area contributed by atoms with Gasteiger partial charge in [0.05, 0.1) is 5.69 Å². The maximum atomic E-state index is 12.6. The molecule has 3 aromatic rings. The summed E-state index contributed by atoms with van der Waals surface area (Å²) in [5.74, 6) is -0.715. The number of H-pyrrole nitrogens is 1. The SMILES string of the molecule is O=C(Nc1ccccc1Sc1ccccc1)c1cc(C(F)(F)F)[nH]n1. The van der Waals surface area contributed by atoms with Crippen LogP contribution in [-0.2, 0) is 6.18 Å². The minimum Gasteiger partial charge on any atom is -0.320 e. The molecule has 2 aromatic carbocycles. The van der Waals surface area contributed by atoms with Crippen LogP contribution in [0, 0.1) is 0 Å². The number of hydrogen-bond acceptors (Lipinski definition) is 3. The highest BCUT2D eigenvalue weighted by Gasteiger charge is 2.33. The average Bonchev–Trinajstić information content (AvgIpc) is 3.08. The highest BCUT2D eigenvalue weighted by Crippen LogP contribution is 2.33. The minimum atomic E-state index is -4.58. The third kappa shape index (κ3) is 4.21. The Morgan fingerprint density at radius 3 is 2.40 bits per heavy atom. The van der Waals surface area contributed by atoms with Crippen LogP contribution in [0.3, 0.4) is 0 Å². The summed E-state index contributed by atoms with van der Waals surface area (Å²) in [5, 5.41) is 7.86. The molecule has 1 heterocycles. The molecule has 0 aliphatic rings. The van der Waals surface area contributed by atoms with E-state index in [0.717, 1.165) is 9.79 Å². The summed E-state index contributed by atoms with van der Waals surface area (Å²) in [4.78, 5) is 13.9. The number of aromatic amines is 1. The molecule has 0 aliphatic carbocycles. The Morgan fingerprint density at radius 2 is 1.72 bits per heavy atom. The first-order valence-electron chi connectivity index (χ1n) is 7.19. The van der Waals surface area contributed by atoms with E-state index in [1.165, 1.54) is 11.8 Å². The topological polar surface area (TPSA) is 57.8 Å². The molecule has 0 spiro atoms. The first-order valence-corrected chi connectivity index (χ1v) is 8.01. The van der Waals surface area contributed by atoms with Crippen LogP contribution in [0.2, 0.25) is 0 Å². The van der Waals surface area contributed by atoms with Gasteiger partial charge in [0.2, 0.25) is 0 Å². The van der Waals surface area contributed by atoms with Crippen molar-refractivity contribution >= 4 is 23.4 Å². The number of carbonyl (C=O) groups excluding carboxylic acids is 1. The van der Waals surface area contributed by atoms with Crippen molar-refractivity contribution in [3.8, 4) is 0 Å². The molecule has 0 unspecified atom stereocenters. The van der Waals surface area contributed by atoms with Gasteiger partial charge in [-0.3, -0.25) is 9.89 Å². The van der Waals surface area contributed by atoms with E-state index in [9.17, 15) is 18.0 Å². The molecule has 0 aliphatic heterocycles. The second kappa shape index (κ2) is 7.02. The average molecular weight is 363 g/mol. The lowest BCUT2D eigenvalue weighted by atomic mass is 10.3. The molecule has 2 N–H and O–H groups in total. The number of alkyl halides is 3. The van der Waals surface area contributed by atoms with Gasteiger partial charge in [-0.1, -0.05) is 42.1 Å². The molecule has 4 nitrogen and oxygen atoms in total. The summed E-state index contributed by atoms with van der Waals surface area (Å²) in [7, 11) is 0. The van der Waals surface area contributed by atoms with Crippen molar-refractivity contribution < 1.29 is 18.0 Å². The van der Waals surface area contributed by atoms with Crippen LogP contribution in [0.15, 0.2) is 70.5 Å². The number of rotatable bonds is 4. The number of nitrogens with zero attached hydrogens (tertiary/aromatic N) is 1. The zero-order chi connectivity index (χ0) is 17.9. The van der Waals surface area contributed by atoms with Crippen LogP contribution in [0.1, 0.15) is 16.2 Å². The van der Waals surface area contributed by atoms with Gasteiger partial charge in [0.1, 0.15) is 5.69 Å². The molecule has 1 amide bonds. The second-order valence-electron chi connectivity index (χ2n) is 5.03. The van der Waals surface area contributed by atoms with Crippen LogP contribution < -0.4 is 5.32 Å². The largest absolute Gasteiger partial charge is 0.432 e. The summed E-state index contributed by atoms with van der Waals surface area (Å²) in [6, 6.07) is 17.3. The zero-order valence-electron chi connectivity index (χ0n) is 12.7. The van der Waals surface area contributed by atoms with Crippen molar-refractivity contribution in [3.05, 3.63) is 72.1 Å². The molecule has 128 valence electrons. The van der Waals surface area contributed by atoms with Gasteiger partial charge in [-0.25, -0.2) is 0 Å². The van der Waals surface area contributed by atoms with Crippen LogP contribution in [-0.4, -0.2) is 16.1 Å². The number of benzene rings is 2. The van der Waals surface area contributed by atoms with Gasteiger partial charge >= 0.3 is 6.18 Å². The van der Waals surface area contributed by atoms with Crippen molar-refractivity contribution in [1.29, 1.82) is 0 Å². The third-order valence-corrected chi connectivity index (χ3v) is 4.31. The summed E-state index contributed by atoms with van der Waals surface area (Å²) in [6.07, 6.45) is -4.58. The summed E-state index contributed by atoms with van der Waals surface area (Å²) >= 11 is 1.44. The third-order valence-electron chi connectivity index (χ3n) is 3.22. The molecule has 25 heavy (non-hydrogen) atoms. The lowest BCUT2D eigenvalue weighted by Crippen LogP contribution is -2.13. The molecule has 0 saturated carbocycles. The maximum Gasteiger partial charge on any atom is 0.432 e. The Balaban J connectivity index is 1.79. The van der Waals surface area contributed by atoms with Crippen molar-refractivity contribution in [1.82, 2.24) is 10.2 Å². The number of anilines is 1. The fourth-order valence-corrected chi connectivity index (χ4v) is 2.97. The van der Waals surface area contributed by atoms with E-state index in [0.29, 0.717) is 11.8 Å². The van der Waals surface area contributed by atoms with Crippen LogP contribution in [0.5, 0.6) is 0 Å². The molecule has 0 saturated heterocycles. The molecule has 0 bridgehead atoms. The number of aromatic nitrogens is 2. The minimum absolute atomic E-state index is 0.327. The molecule has 0 atom stereocenters. The van der Waals surface area contributed by atoms with Gasteiger partial charge in [-0.2, -0.15) is 18.3 Å². The van der Waals surface area contributed by atoms with Gasteiger partial charge < -0.3 is 5.32 Å². The van der Waals surface area contributed by atoms with Gasteiger partial charge in [0.25, 0.3) is 5.91 Å². The van der Waals surface area contributed by atoms with Gasteiger partial charge in [0, 0.05) is 15.9 Å². The normalized spacial score (nSPS) is 11.3. The van der Waals surface area contributed by atoms with E-state index < -0.39 is 17.8 Å². The molecule has 3 rings (SSSR count). The van der Waals surface area contributed by atoms with Crippen molar-refractivity contribution in [2.75, 3.05) is 5.32 Å². The molecular weight excluding hydrogens is 351 g/mol. The Labute approximate surface area is 145 Å². The molecular formula is C17H12F3N3OS. The molecule has 0 radical (unpaired) electrons. The van der Waals surface area contributed by atoms with Crippen LogP contribution in [0.25, 0.3) is 0 Å². The first kappa shape index (κ1) is 17.1. The lowest BCUT2D eigenvalue weighted by molar-refractivity contribution is -0.141. The van der Waals surface area contributed by atoms with Gasteiger partial charge in [-0.05, 0) is 24.3 Å². The fraction of sp³-hybridized carbons (Fsp3) is 0.0588. The maximum absolute atomic E-state index is 12.6. The van der Waals surface area contributed by atoms with E-state index >= 15 is 0 Å². The molecule has 8 heteroatoms. The monoisotopic (exact) mass is 363 g/mol. The highest BCUT2D eigenvalue weighted by molar-refractivity contribution is 7.99. The smallest absolute Gasteiger partial charge is 0.320 e. The van der Waals surface area contributed by atoms with E-state index in [4.69, 9.17) is 0 Å². The van der Waals surface area contributed by atoms with Gasteiger partial charge in [0.15, 0.2) is 5.69 Å². The quantitative estimate of drug-likeness (QED) is 0.698. The summed E-state index contributed by atoms with van der Waals surface area (Å²) in [5.41, 5.74) is -0.894. The van der Waals surface area contributed by atoms with E-state index in [-0.39, 0.29) is 5.69 Å². The Hall–Kier alpha value is -2.74. The highest BCUT2D eigenvalue weighted by atomic mass is 32.2. The Bertz CT molecular complexity index is 878. The molecule has 1 aromatic heterocycles. The predicted octanol–water partition coefficient (Wildman–Crippen LogP) is 4.83. The number of nitrogens with one attached hydrogen (secondary N) is 2. The van der Waals surface area contributed by atoms with E-state index in [1.54, 1.807) is 12.1 Å². The Kier molecular flexibility index (Phi) is 4.80. The number of para-hydroxylation sites is 1. The summed E-state index contributed by atoms with van der Waals surface area (Å²) < 4.78 is 37.8. The second-order valence-corrected chi connectivity index (χ2v) is 6.15. The number of amides is 1. The van der Waals surface area contributed by atoms with Gasteiger partial charge in [-0.15, -0.1) is 0 Å².